The molecular weight excluding hydrogens is 278 g/mol. The Hall–Kier alpha value is -1.91. The molecule has 1 aromatic rings. The maximum atomic E-state index is 11.8. The minimum absolute atomic E-state index is 0.00616. The lowest BCUT2D eigenvalue weighted by molar-refractivity contribution is -0.116. The molecule has 1 atom stereocenters. The van der Waals surface area contributed by atoms with Gasteiger partial charge >= 0.3 is 0 Å². The highest BCUT2D eigenvalue weighted by Gasteiger charge is 2.25. The van der Waals surface area contributed by atoms with Crippen LogP contribution in [0.25, 0.3) is 0 Å². The van der Waals surface area contributed by atoms with Gasteiger partial charge in [-0.2, -0.15) is 5.26 Å². The van der Waals surface area contributed by atoms with Gasteiger partial charge in [0.15, 0.2) is 9.84 Å². The minimum Gasteiger partial charge on any atom is -0.326 e. The molecule has 0 spiro atoms. The van der Waals surface area contributed by atoms with Crippen LogP contribution in [0.4, 0.5) is 5.69 Å². The largest absolute Gasteiger partial charge is 0.326 e. The van der Waals surface area contributed by atoms with E-state index in [0.717, 1.165) is 0 Å². The van der Waals surface area contributed by atoms with Gasteiger partial charge in [0.25, 0.3) is 0 Å². The average molecular weight is 293 g/mol. The van der Waals surface area contributed by atoms with Gasteiger partial charge in [-0.05, 0) is 24.3 Å². The van der Waals surface area contributed by atoms with Crippen LogP contribution in [0.2, 0.25) is 0 Å². The Balaban J connectivity index is 1.90. The third-order valence-electron chi connectivity index (χ3n) is 3.03. The number of sulfone groups is 1. The summed E-state index contributed by atoms with van der Waals surface area (Å²) in [5.74, 6) is -0.126. The van der Waals surface area contributed by atoms with Crippen LogP contribution in [-0.2, 0) is 14.6 Å². The van der Waals surface area contributed by atoms with Crippen LogP contribution in [0.5, 0.6) is 0 Å². The molecule has 0 saturated carbocycles. The van der Waals surface area contributed by atoms with Crippen molar-refractivity contribution in [2.45, 2.75) is 12.5 Å². The second-order valence-electron chi connectivity index (χ2n) is 4.71. The number of rotatable bonds is 3. The van der Waals surface area contributed by atoms with Crippen molar-refractivity contribution in [2.24, 2.45) is 0 Å². The number of nitrogens with one attached hydrogen (secondary N) is 2. The second-order valence-corrected chi connectivity index (χ2v) is 6.94. The molecule has 0 aliphatic carbocycles. The molecule has 0 bridgehead atoms. The number of carbonyl (C=O) groups is 1. The van der Waals surface area contributed by atoms with Gasteiger partial charge in [-0.1, -0.05) is 0 Å². The molecule has 0 aromatic heterocycles. The lowest BCUT2D eigenvalue weighted by Crippen LogP contribution is -2.46. The molecule has 7 heteroatoms. The zero-order valence-corrected chi connectivity index (χ0v) is 11.6. The summed E-state index contributed by atoms with van der Waals surface area (Å²) in [5, 5.41) is 14.4. The molecule has 1 aromatic carbocycles. The molecule has 1 fully saturated rings. The minimum atomic E-state index is -3.04. The van der Waals surface area contributed by atoms with E-state index in [1.165, 1.54) is 0 Å². The molecular formula is C13H15N3O3S. The number of nitriles is 1. The van der Waals surface area contributed by atoms with E-state index in [1.54, 1.807) is 24.3 Å². The van der Waals surface area contributed by atoms with Crippen LogP contribution in [0.1, 0.15) is 12.0 Å². The summed E-state index contributed by atoms with van der Waals surface area (Å²) in [6, 6.07) is 8.15. The van der Waals surface area contributed by atoms with Crippen LogP contribution >= 0.6 is 0 Å². The van der Waals surface area contributed by atoms with Crippen molar-refractivity contribution in [3.8, 4) is 6.07 Å². The highest BCUT2D eigenvalue weighted by Crippen LogP contribution is 2.11. The predicted octanol–water partition coefficient (Wildman–Crippen LogP) is 0.273. The predicted molar refractivity (Wildman–Crippen MR) is 74.8 cm³/mol. The van der Waals surface area contributed by atoms with Gasteiger partial charge in [0, 0.05) is 24.7 Å². The molecule has 1 saturated heterocycles. The van der Waals surface area contributed by atoms with Crippen molar-refractivity contribution < 1.29 is 13.2 Å². The van der Waals surface area contributed by atoms with Crippen molar-refractivity contribution in [1.82, 2.24) is 5.32 Å². The number of hydrogen-bond donors (Lipinski definition) is 2. The Kier molecular flexibility index (Phi) is 4.37. The fourth-order valence-electron chi connectivity index (χ4n) is 2.06. The van der Waals surface area contributed by atoms with Gasteiger partial charge in [-0.3, -0.25) is 4.79 Å². The number of hydrogen-bond acceptors (Lipinski definition) is 5. The van der Waals surface area contributed by atoms with Crippen molar-refractivity contribution >= 4 is 21.4 Å². The molecule has 20 heavy (non-hydrogen) atoms. The van der Waals surface area contributed by atoms with Gasteiger partial charge in [-0.25, -0.2) is 8.42 Å². The van der Waals surface area contributed by atoms with Crippen LogP contribution < -0.4 is 10.6 Å². The number of carbonyl (C=O) groups excluding carboxylic acids is 1. The summed E-state index contributed by atoms with van der Waals surface area (Å²) >= 11 is 0. The maximum absolute atomic E-state index is 11.8. The fourth-order valence-corrected chi connectivity index (χ4v) is 3.51. The molecule has 1 amide bonds. The number of nitrogens with zero attached hydrogens (tertiary/aromatic N) is 1. The van der Waals surface area contributed by atoms with Gasteiger partial charge in [-0.15, -0.1) is 0 Å². The molecule has 2 N–H and O–H groups in total. The molecule has 1 aliphatic heterocycles. The van der Waals surface area contributed by atoms with Crippen LogP contribution in [0.3, 0.4) is 0 Å². The highest BCUT2D eigenvalue weighted by atomic mass is 32.2. The lowest BCUT2D eigenvalue weighted by atomic mass is 10.2. The lowest BCUT2D eigenvalue weighted by Gasteiger charge is -2.23. The van der Waals surface area contributed by atoms with Crippen molar-refractivity contribution in [3.05, 3.63) is 29.8 Å². The standard InChI is InChI=1S/C13H15N3O3S/c14-8-10-1-3-11(4-2-10)16-13(17)7-12-9-20(18,19)6-5-15-12/h1-4,12,15H,5-7,9H2,(H,16,17). The number of amides is 1. The summed E-state index contributed by atoms with van der Waals surface area (Å²) in [6.07, 6.45) is 0.110. The molecule has 2 rings (SSSR count). The maximum Gasteiger partial charge on any atom is 0.225 e. The van der Waals surface area contributed by atoms with E-state index in [-0.39, 0.29) is 29.9 Å². The van der Waals surface area contributed by atoms with Gasteiger partial charge < -0.3 is 10.6 Å². The molecule has 1 aliphatic rings. The Labute approximate surface area is 117 Å². The van der Waals surface area contributed by atoms with Crippen molar-refractivity contribution in [3.63, 3.8) is 0 Å². The number of benzene rings is 1. The van der Waals surface area contributed by atoms with Crippen LogP contribution in [-0.4, -0.2) is 38.4 Å². The fraction of sp³-hybridized carbons (Fsp3) is 0.385. The second kappa shape index (κ2) is 6.03. The van der Waals surface area contributed by atoms with Gasteiger partial charge in [0.05, 0.1) is 23.1 Å². The third-order valence-corrected chi connectivity index (χ3v) is 4.77. The van der Waals surface area contributed by atoms with Crippen LogP contribution in [0.15, 0.2) is 24.3 Å². The molecule has 106 valence electrons. The first-order chi connectivity index (χ1) is 9.48. The third kappa shape index (κ3) is 4.05. The van der Waals surface area contributed by atoms with E-state index >= 15 is 0 Å². The topological polar surface area (TPSA) is 99.1 Å². The summed E-state index contributed by atoms with van der Waals surface area (Å²) in [4.78, 5) is 11.8. The van der Waals surface area contributed by atoms with E-state index in [2.05, 4.69) is 10.6 Å². The SMILES string of the molecule is N#Cc1ccc(NC(=O)CC2CS(=O)(=O)CCN2)cc1. The first-order valence-electron chi connectivity index (χ1n) is 6.22. The summed E-state index contributed by atoms with van der Waals surface area (Å²) in [7, 11) is -3.04. The number of anilines is 1. The molecule has 1 unspecified atom stereocenters. The average Bonchev–Trinajstić information content (AvgIpc) is 2.38. The monoisotopic (exact) mass is 293 g/mol. The summed E-state index contributed by atoms with van der Waals surface area (Å²) in [5.41, 5.74) is 1.11. The van der Waals surface area contributed by atoms with Crippen molar-refractivity contribution in [1.29, 1.82) is 5.26 Å². The van der Waals surface area contributed by atoms with Crippen LogP contribution in [0, 0.1) is 11.3 Å². The van der Waals surface area contributed by atoms with Crippen molar-refractivity contribution in [2.75, 3.05) is 23.4 Å². The van der Waals surface area contributed by atoms with Gasteiger partial charge in [0.1, 0.15) is 0 Å². The Bertz CT molecular complexity index is 632. The quantitative estimate of drug-likeness (QED) is 0.833. The molecule has 6 nitrogen and oxygen atoms in total. The summed E-state index contributed by atoms with van der Waals surface area (Å²) < 4.78 is 22.9. The Morgan fingerprint density at radius 2 is 2.10 bits per heavy atom. The first-order valence-corrected chi connectivity index (χ1v) is 8.04. The highest BCUT2D eigenvalue weighted by molar-refractivity contribution is 7.91. The van der Waals surface area contributed by atoms with E-state index in [1.807, 2.05) is 6.07 Å². The summed E-state index contributed by atoms with van der Waals surface area (Å²) in [6.45, 7) is 0.386. The molecule has 1 heterocycles. The Morgan fingerprint density at radius 1 is 1.40 bits per heavy atom. The van der Waals surface area contributed by atoms with E-state index in [0.29, 0.717) is 17.8 Å². The molecule has 0 radical (unpaired) electrons. The van der Waals surface area contributed by atoms with E-state index < -0.39 is 9.84 Å². The smallest absolute Gasteiger partial charge is 0.225 e. The first kappa shape index (κ1) is 14.5. The van der Waals surface area contributed by atoms with Gasteiger partial charge in [0.2, 0.25) is 5.91 Å². The zero-order chi connectivity index (χ0) is 14.6. The van der Waals surface area contributed by atoms with E-state index in [9.17, 15) is 13.2 Å². The zero-order valence-electron chi connectivity index (χ0n) is 10.8. The normalized spacial score (nSPS) is 20.9. The Morgan fingerprint density at radius 3 is 2.70 bits per heavy atom. The van der Waals surface area contributed by atoms with E-state index in [4.69, 9.17) is 5.26 Å².